The smallest absolute Gasteiger partial charge is 0.192 e. The fourth-order valence-electron chi connectivity index (χ4n) is 2.38. The lowest BCUT2D eigenvalue weighted by Crippen LogP contribution is -2.06. The second-order valence-corrected chi connectivity index (χ2v) is 4.94. The van der Waals surface area contributed by atoms with E-state index in [9.17, 15) is 4.57 Å². The highest BCUT2D eigenvalue weighted by atomic mass is 31.1. The largest absolute Gasteiger partial charge is 0.269 e. The van der Waals surface area contributed by atoms with E-state index in [-0.39, 0.29) is 8.46 Å². The first-order valence-corrected chi connectivity index (χ1v) is 6.67. The highest BCUT2D eigenvalue weighted by Gasteiger charge is 2.09. The Balaban J connectivity index is 2.32. The molecule has 1 aliphatic rings. The van der Waals surface area contributed by atoms with Crippen LogP contribution in [-0.4, -0.2) is 0 Å². The fourth-order valence-corrected chi connectivity index (χ4v) is 2.89. The maximum Gasteiger partial charge on any atom is 0.192 e. The van der Waals surface area contributed by atoms with Gasteiger partial charge in [-0.1, -0.05) is 31.4 Å². The summed E-state index contributed by atoms with van der Waals surface area (Å²) < 4.78 is 11.1. The molecule has 0 radical (unpaired) electrons. The molecule has 0 atom stereocenters. The molecule has 0 N–H and O–H groups in total. The summed E-state index contributed by atoms with van der Waals surface area (Å²) in [4.78, 5) is 0. The fraction of sp³-hybridized carbons (Fsp3) is 0.538. The van der Waals surface area contributed by atoms with Gasteiger partial charge in [-0.3, -0.25) is 4.57 Å². The first-order chi connectivity index (χ1) is 7.42. The van der Waals surface area contributed by atoms with Crippen molar-refractivity contribution < 1.29 is 4.57 Å². The molecule has 15 heavy (non-hydrogen) atoms. The molecule has 0 aromatic heterocycles. The van der Waals surface area contributed by atoms with E-state index in [0.29, 0.717) is 0 Å². The zero-order chi connectivity index (χ0) is 10.5. The van der Waals surface area contributed by atoms with Crippen molar-refractivity contribution in [1.82, 2.24) is 0 Å². The molecule has 1 nitrogen and oxygen atoms in total. The zero-order valence-corrected chi connectivity index (χ0v) is 9.93. The van der Waals surface area contributed by atoms with Crippen molar-refractivity contribution in [2.24, 2.45) is 0 Å². The predicted molar refractivity (Wildman–Crippen MR) is 64.2 cm³/mol. The van der Waals surface area contributed by atoms with E-state index in [4.69, 9.17) is 0 Å². The Morgan fingerprint density at radius 2 is 1.67 bits per heavy atom. The predicted octanol–water partition coefficient (Wildman–Crippen LogP) is 3.65. The lowest BCUT2D eigenvalue weighted by atomic mass is 10.00. The number of rotatable bonds is 1. The van der Waals surface area contributed by atoms with Gasteiger partial charge in [-0.2, -0.15) is 0 Å². The highest BCUT2D eigenvalue weighted by molar-refractivity contribution is 7.34. The monoisotopic (exact) mass is 220 g/mol. The molecule has 0 saturated heterocycles. The van der Waals surface area contributed by atoms with Gasteiger partial charge in [0.2, 0.25) is 0 Å². The van der Waals surface area contributed by atoms with Crippen LogP contribution in [-0.2, 0) is 17.4 Å². The molecule has 2 heteroatoms. The second-order valence-electron chi connectivity index (χ2n) is 4.27. The molecule has 0 heterocycles. The third-order valence-corrected chi connectivity index (χ3v) is 3.84. The molecule has 1 aromatic carbocycles. The zero-order valence-electron chi connectivity index (χ0n) is 9.04. The van der Waals surface area contributed by atoms with Crippen LogP contribution in [0.1, 0.15) is 43.2 Å². The summed E-state index contributed by atoms with van der Waals surface area (Å²) in [6, 6.07) is 6.23. The van der Waals surface area contributed by atoms with E-state index >= 15 is 0 Å². The van der Waals surface area contributed by atoms with Crippen molar-refractivity contribution in [3.8, 4) is 0 Å². The van der Waals surface area contributed by atoms with Gasteiger partial charge in [0.1, 0.15) is 0 Å². The third kappa shape index (κ3) is 2.66. The SMILES string of the molecule is O=Pc1cccc2c1CCCCCCC2. The molecule has 0 saturated carbocycles. The van der Waals surface area contributed by atoms with Crippen LogP contribution in [0, 0.1) is 0 Å². The molecule has 0 unspecified atom stereocenters. The number of aryl methyl sites for hydroxylation is 1. The number of benzene rings is 1. The van der Waals surface area contributed by atoms with Crippen LogP contribution >= 0.6 is 8.46 Å². The van der Waals surface area contributed by atoms with Gasteiger partial charge in [0.25, 0.3) is 0 Å². The van der Waals surface area contributed by atoms with Gasteiger partial charge in [0.15, 0.2) is 8.46 Å². The average Bonchev–Trinajstić information content (AvgIpc) is 2.39. The van der Waals surface area contributed by atoms with Gasteiger partial charge in [0.05, 0.1) is 0 Å². The molecule has 1 aliphatic carbocycles. The van der Waals surface area contributed by atoms with Crippen LogP contribution in [0.3, 0.4) is 0 Å². The highest BCUT2D eigenvalue weighted by Crippen LogP contribution is 2.20. The van der Waals surface area contributed by atoms with Gasteiger partial charge in [0, 0.05) is 5.30 Å². The quantitative estimate of drug-likeness (QED) is 0.660. The number of hydrogen-bond acceptors (Lipinski definition) is 1. The Labute approximate surface area is 93.1 Å². The Bertz CT molecular complexity index is 346. The lowest BCUT2D eigenvalue weighted by molar-refractivity contribution is 0.602. The molecule has 0 bridgehead atoms. The van der Waals surface area contributed by atoms with Gasteiger partial charge in [-0.15, -0.1) is 0 Å². The minimum atomic E-state index is 0.184. The van der Waals surface area contributed by atoms with Crippen molar-refractivity contribution in [1.29, 1.82) is 0 Å². The second kappa shape index (κ2) is 5.42. The standard InChI is InChI=1S/C13H17OP/c14-15-13-10-6-8-11-7-4-2-1-3-5-9-12(11)13/h6,8,10H,1-5,7,9H2. The van der Waals surface area contributed by atoms with Crippen LogP contribution in [0.15, 0.2) is 18.2 Å². The van der Waals surface area contributed by atoms with Gasteiger partial charge in [-0.05, 0) is 42.9 Å². The van der Waals surface area contributed by atoms with Crippen molar-refractivity contribution in [3.63, 3.8) is 0 Å². The molecular weight excluding hydrogens is 203 g/mol. The van der Waals surface area contributed by atoms with Crippen LogP contribution in [0.2, 0.25) is 0 Å². The maximum atomic E-state index is 11.1. The van der Waals surface area contributed by atoms with Crippen LogP contribution in [0.4, 0.5) is 0 Å². The molecule has 0 spiro atoms. The van der Waals surface area contributed by atoms with Gasteiger partial charge < -0.3 is 0 Å². The van der Waals surface area contributed by atoms with Gasteiger partial charge >= 0.3 is 0 Å². The summed E-state index contributed by atoms with van der Waals surface area (Å²) in [7, 11) is 0.184. The Hall–Kier alpha value is -0.680. The summed E-state index contributed by atoms with van der Waals surface area (Å²) in [5.74, 6) is 0. The summed E-state index contributed by atoms with van der Waals surface area (Å²) in [5, 5.41) is 1.01. The first-order valence-electron chi connectivity index (χ1n) is 5.86. The van der Waals surface area contributed by atoms with Crippen molar-refractivity contribution in [2.75, 3.05) is 0 Å². The van der Waals surface area contributed by atoms with E-state index in [1.54, 1.807) is 0 Å². The Morgan fingerprint density at radius 3 is 2.47 bits per heavy atom. The van der Waals surface area contributed by atoms with Crippen LogP contribution in [0.25, 0.3) is 0 Å². The van der Waals surface area contributed by atoms with Crippen molar-refractivity contribution in [3.05, 3.63) is 29.3 Å². The van der Waals surface area contributed by atoms with E-state index in [2.05, 4.69) is 6.07 Å². The molecule has 0 aliphatic heterocycles. The van der Waals surface area contributed by atoms with Crippen molar-refractivity contribution in [2.45, 2.75) is 44.9 Å². The summed E-state index contributed by atoms with van der Waals surface area (Å²) in [6.45, 7) is 0. The molecule has 1 aromatic rings. The van der Waals surface area contributed by atoms with E-state index in [1.807, 2.05) is 12.1 Å². The van der Waals surface area contributed by atoms with E-state index < -0.39 is 0 Å². The molecule has 0 amide bonds. The minimum absolute atomic E-state index is 0.184. The average molecular weight is 220 g/mol. The molecule has 2 rings (SSSR count). The van der Waals surface area contributed by atoms with Crippen LogP contribution < -0.4 is 5.30 Å². The summed E-state index contributed by atoms with van der Waals surface area (Å²) in [5.41, 5.74) is 2.79. The topological polar surface area (TPSA) is 17.1 Å². The summed E-state index contributed by atoms with van der Waals surface area (Å²) >= 11 is 0. The van der Waals surface area contributed by atoms with Gasteiger partial charge in [-0.25, -0.2) is 0 Å². The van der Waals surface area contributed by atoms with E-state index in [1.165, 1.54) is 49.7 Å². The summed E-state index contributed by atoms with van der Waals surface area (Å²) in [6.07, 6.45) is 8.84. The minimum Gasteiger partial charge on any atom is -0.269 e. The first kappa shape index (κ1) is 10.8. The molecule has 0 fully saturated rings. The number of fused-ring (bicyclic) bond motifs is 1. The number of hydrogen-bond donors (Lipinski definition) is 0. The normalized spacial score (nSPS) is 17.6. The van der Waals surface area contributed by atoms with E-state index in [0.717, 1.165) is 11.7 Å². The Morgan fingerprint density at radius 1 is 0.933 bits per heavy atom. The molecular formula is C13H17OP. The lowest BCUT2D eigenvalue weighted by Gasteiger charge is -2.09. The third-order valence-electron chi connectivity index (χ3n) is 3.22. The maximum absolute atomic E-state index is 11.1. The Kier molecular flexibility index (Phi) is 3.91. The van der Waals surface area contributed by atoms with Crippen LogP contribution in [0.5, 0.6) is 0 Å². The molecule has 80 valence electrons. The van der Waals surface area contributed by atoms with Crippen molar-refractivity contribution >= 4 is 13.8 Å².